The molecule has 3 heterocycles. The fourth-order valence-corrected chi connectivity index (χ4v) is 8.66. The zero-order chi connectivity index (χ0) is 33.5. The Hall–Kier alpha value is -6.58. The van der Waals surface area contributed by atoms with Gasteiger partial charge in [-0.15, -0.1) is 0 Å². The molecule has 0 aliphatic heterocycles. The minimum Gasteiger partial charge on any atom is -0.313 e. The van der Waals surface area contributed by atoms with Gasteiger partial charge in [-0.2, -0.15) is 0 Å². The largest absolute Gasteiger partial charge is 0.313 e. The van der Waals surface area contributed by atoms with Crippen LogP contribution in [0.2, 0.25) is 0 Å². The molecule has 0 unspecified atom stereocenters. The molecular weight excluding hydrogens is 619 g/mol. The highest BCUT2D eigenvalue weighted by Gasteiger charge is 2.21. The molecule has 0 bridgehead atoms. The molecule has 240 valence electrons. The summed E-state index contributed by atoms with van der Waals surface area (Å²) >= 11 is 0. The molecule has 3 heteroatoms. The molecule has 0 saturated heterocycles. The standard InChI is InChI=1S/C48H33N3/c1-3-13-34(14-4-1)49-43-20-10-7-17-37(43)40-29-32(23-26-46(40)49)33-24-27-47-41(30-33)38-18-8-12-22-45(38)51(47)36-25-28-48-42(31-36)39-19-9-11-21-44(39)50(48)35-15-5-2-6-16-35/h1-10,12-20,22-31H,11,21H2. The van der Waals surface area contributed by atoms with Crippen molar-refractivity contribution in [2.45, 2.75) is 12.8 Å². The number of benzene rings is 7. The van der Waals surface area contributed by atoms with Gasteiger partial charge in [-0.05, 0) is 103 Å². The van der Waals surface area contributed by atoms with E-state index in [4.69, 9.17) is 0 Å². The van der Waals surface area contributed by atoms with Crippen molar-refractivity contribution in [2.24, 2.45) is 0 Å². The number of nitrogens with zero attached hydrogens (tertiary/aromatic N) is 3. The van der Waals surface area contributed by atoms with Gasteiger partial charge in [-0.3, -0.25) is 0 Å². The molecule has 10 aromatic rings. The lowest BCUT2D eigenvalue weighted by atomic mass is 10.0. The molecule has 0 atom stereocenters. The van der Waals surface area contributed by atoms with Gasteiger partial charge in [0.15, 0.2) is 0 Å². The third-order valence-electron chi connectivity index (χ3n) is 10.9. The van der Waals surface area contributed by atoms with Gasteiger partial charge < -0.3 is 13.7 Å². The summed E-state index contributed by atoms with van der Waals surface area (Å²) in [6, 6.07) is 60.0. The van der Waals surface area contributed by atoms with E-state index in [-0.39, 0.29) is 0 Å². The van der Waals surface area contributed by atoms with Crippen molar-refractivity contribution in [3.63, 3.8) is 0 Å². The zero-order valence-electron chi connectivity index (χ0n) is 28.0. The maximum Gasteiger partial charge on any atom is 0.0541 e. The highest BCUT2D eigenvalue weighted by molar-refractivity contribution is 6.13. The maximum atomic E-state index is 2.46. The second-order valence-corrected chi connectivity index (χ2v) is 13.7. The highest BCUT2D eigenvalue weighted by atomic mass is 15.0. The Morgan fingerprint density at radius 3 is 1.47 bits per heavy atom. The molecule has 1 aliphatic rings. The minimum atomic E-state index is 1.04. The van der Waals surface area contributed by atoms with E-state index in [0.717, 1.165) is 12.8 Å². The third kappa shape index (κ3) is 4.18. The third-order valence-corrected chi connectivity index (χ3v) is 10.9. The van der Waals surface area contributed by atoms with Crippen LogP contribution in [0.4, 0.5) is 0 Å². The Morgan fingerprint density at radius 1 is 0.353 bits per heavy atom. The summed E-state index contributed by atoms with van der Waals surface area (Å²) < 4.78 is 7.29. The second-order valence-electron chi connectivity index (χ2n) is 13.7. The van der Waals surface area contributed by atoms with E-state index in [1.165, 1.54) is 94.0 Å². The van der Waals surface area contributed by atoms with Crippen molar-refractivity contribution >= 4 is 60.6 Å². The number of hydrogen-bond donors (Lipinski definition) is 0. The van der Waals surface area contributed by atoms with E-state index >= 15 is 0 Å². The van der Waals surface area contributed by atoms with Crippen molar-refractivity contribution in [1.82, 2.24) is 13.7 Å². The molecule has 0 spiro atoms. The van der Waals surface area contributed by atoms with E-state index in [2.05, 4.69) is 190 Å². The second kappa shape index (κ2) is 11.0. The van der Waals surface area contributed by atoms with Crippen molar-refractivity contribution in [3.05, 3.63) is 181 Å². The summed E-state index contributed by atoms with van der Waals surface area (Å²) in [5, 5.41) is 6.36. The average molecular weight is 652 g/mol. The van der Waals surface area contributed by atoms with Gasteiger partial charge in [0.2, 0.25) is 0 Å². The molecule has 7 aromatic carbocycles. The number of hydrogen-bond acceptors (Lipinski definition) is 0. The predicted molar refractivity (Wildman–Crippen MR) is 215 cm³/mol. The van der Waals surface area contributed by atoms with E-state index in [9.17, 15) is 0 Å². The van der Waals surface area contributed by atoms with Gasteiger partial charge in [0.05, 0.1) is 27.6 Å². The summed E-state index contributed by atoms with van der Waals surface area (Å²) in [6.07, 6.45) is 6.76. The Bertz CT molecular complexity index is 3010. The van der Waals surface area contributed by atoms with Crippen molar-refractivity contribution in [3.8, 4) is 28.2 Å². The quantitative estimate of drug-likeness (QED) is 0.180. The lowest BCUT2D eigenvalue weighted by Crippen LogP contribution is -2.02. The number of allylic oxidation sites excluding steroid dienone is 1. The molecule has 51 heavy (non-hydrogen) atoms. The smallest absolute Gasteiger partial charge is 0.0541 e. The lowest BCUT2D eigenvalue weighted by molar-refractivity contribution is 0.888. The molecule has 0 saturated carbocycles. The molecule has 0 amide bonds. The Labute approximate surface area is 295 Å². The van der Waals surface area contributed by atoms with Crippen LogP contribution in [0.3, 0.4) is 0 Å². The number of rotatable bonds is 4. The number of aromatic nitrogens is 3. The summed E-state index contributed by atoms with van der Waals surface area (Å²) in [4.78, 5) is 0. The number of para-hydroxylation sites is 4. The summed E-state index contributed by atoms with van der Waals surface area (Å²) in [5.41, 5.74) is 14.9. The SMILES string of the molecule is C1=Cc2c(n(-c3ccccc3)c3ccc(-n4c5ccccc5c5cc(-c6ccc7c(c6)c6ccccc6n7-c6ccccc6)ccc54)cc23)CC1. The molecule has 11 rings (SSSR count). The van der Waals surface area contributed by atoms with Gasteiger partial charge in [-0.25, -0.2) is 0 Å². The summed E-state index contributed by atoms with van der Waals surface area (Å²) in [5.74, 6) is 0. The van der Waals surface area contributed by atoms with Gasteiger partial charge in [0, 0.05) is 55.3 Å². The van der Waals surface area contributed by atoms with Gasteiger partial charge in [0.1, 0.15) is 0 Å². The van der Waals surface area contributed by atoms with Crippen molar-refractivity contribution in [1.29, 1.82) is 0 Å². The van der Waals surface area contributed by atoms with Crippen LogP contribution >= 0.6 is 0 Å². The van der Waals surface area contributed by atoms with Crippen LogP contribution in [0.25, 0.3) is 88.8 Å². The Morgan fingerprint density at radius 2 is 0.843 bits per heavy atom. The van der Waals surface area contributed by atoms with Crippen LogP contribution in [0.15, 0.2) is 170 Å². The summed E-state index contributed by atoms with van der Waals surface area (Å²) in [6.45, 7) is 0. The van der Waals surface area contributed by atoms with Gasteiger partial charge in [-0.1, -0.05) is 97.1 Å². The van der Waals surface area contributed by atoms with Crippen LogP contribution < -0.4 is 0 Å². The monoisotopic (exact) mass is 651 g/mol. The molecular formula is C48H33N3. The first kappa shape index (κ1) is 28.3. The fourth-order valence-electron chi connectivity index (χ4n) is 8.66. The van der Waals surface area contributed by atoms with Crippen LogP contribution in [-0.2, 0) is 6.42 Å². The highest BCUT2D eigenvalue weighted by Crippen LogP contribution is 2.40. The molecule has 0 fully saturated rings. The van der Waals surface area contributed by atoms with Crippen LogP contribution in [0.1, 0.15) is 17.7 Å². The van der Waals surface area contributed by atoms with Crippen molar-refractivity contribution in [2.75, 3.05) is 0 Å². The molecule has 0 N–H and O–H groups in total. The normalized spacial score (nSPS) is 12.9. The molecule has 3 aromatic heterocycles. The van der Waals surface area contributed by atoms with Crippen LogP contribution in [0, 0.1) is 0 Å². The number of fused-ring (bicyclic) bond motifs is 9. The molecule has 1 aliphatic carbocycles. The van der Waals surface area contributed by atoms with Gasteiger partial charge in [0.25, 0.3) is 0 Å². The van der Waals surface area contributed by atoms with Crippen LogP contribution in [-0.4, -0.2) is 13.7 Å². The molecule has 0 radical (unpaired) electrons. The fraction of sp³-hybridized carbons (Fsp3) is 0.0417. The average Bonchev–Trinajstić information content (AvgIpc) is 3.83. The Balaban J connectivity index is 1.09. The van der Waals surface area contributed by atoms with Crippen LogP contribution in [0.5, 0.6) is 0 Å². The van der Waals surface area contributed by atoms with E-state index in [0.29, 0.717) is 0 Å². The first-order valence-electron chi connectivity index (χ1n) is 17.8. The van der Waals surface area contributed by atoms with Crippen molar-refractivity contribution < 1.29 is 0 Å². The first-order valence-corrected chi connectivity index (χ1v) is 17.8. The van der Waals surface area contributed by atoms with E-state index in [1.807, 2.05) is 0 Å². The van der Waals surface area contributed by atoms with E-state index < -0.39 is 0 Å². The van der Waals surface area contributed by atoms with Gasteiger partial charge >= 0.3 is 0 Å². The maximum absolute atomic E-state index is 2.46. The molecule has 3 nitrogen and oxygen atoms in total. The first-order chi connectivity index (χ1) is 25.3. The summed E-state index contributed by atoms with van der Waals surface area (Å²) in [7, 11) is 0. The van der Waals surface area contributed by atoms with E-state index in [1.54, 1.807) is 0 Å². The predicted octanol–water partition coefficient (Wildman–Crippen LogP) is 12.5. The lowest BCUT2D eigenvalue weighted by Gasteiger charge is -2.13. The topological polar surface area (TPSA) is 14.8 Å². The zero-order valence-corrected chi connectivity index (χ0v) is 28.0. The Kier molecular flexibility index (Phi) is 6.08. The minimum absolute atomic E-state index is 1.04.